The number of pyridine rings is 1. The average molecular weight is 296 g/mol. The Morgan fingerprint density at radius 1 is 1.41 bits per heavy atom. The predicted octanol–water partition coefficient (Wildman–Crippen LogP) is 2.70. The Labute approximate surface area is 106 Å². The van der Waals surface area contributed by atoms with Crippen LogP contribution >= 0.6 is 15.9 Å². The summed E-state index contributed by atoms with van der Waals surface area (Å²) in [5.74, 6) is 0.260. The highest BCUT2D eigenvalue weighted by molar-refractivity contribution is 9.10. The van der Waals surface area contributed by atoms with Gasteiger partial charge in [-0.1, -0.05) is 5.16 Å². The van der Waals surface area contributed by atoms with Gasteiger partial charge in [0.05, 0.1) is 17.6 Å². The average Bonchev–Trinajstić information content (AvgIpc) is 2.62. The summed E-state index contributed by atoms with van der Waals surface area (Å²) in [5, 5.41) is 6.46. The molecule has 0 unspecified atom stereocenters. The van der Waals surface area contributed by atoms with E-state index in [1.807, 2.05) is 0 Å². The molecule has 0 bridgehead atoms. The summed E-state index contributed by atoms with van der Waals surface area (Å²) in [5.41, 5.74) is 1.66. The number of nitrogens with one attached hydrogen (secondary N) is 1. The Morgan fingerprint density at radius 3 is 2.71 bits per heavy atom. The number of amides is 1. The molecule has 0 spiro atoms. The third-order valence-corrected chi connectivity index (χ3v) is 2.71. The SMILES string of the molecule is Cc1noc(C)c1C(=O)Nc1ccc(Br)nc1. The molecule has 0 saturated heterocycles. The van der Waals surface area contributed by atoms with E-state index >= 15 is 0 Å². The maximum atomic E-state index is 12.0. The van der Waals surface area contributed by atoms with E-state index in [0.29, 0.717) is 27.3 Å². The summed E-state index contributed by atoms with van der Waals surface area (Å²) in [6.07, 6.45) is 1.57. The quantitative estimate of drug-likeness (QED) is 0.865. The van der Waals surface area contributed by atoms with Crippen LogP contribution in [0, 0.1) is 13.8 Å². The number of carbonyl (C=O) groups excluding carboxylic acids is 1. The molecule has 0 aliphatic heterocycles. The minimum Gasteiger partial charge on any atom is -0.361 e. The Balaban J connectivity index is 2.20. The number of nitrogens with zero attached hydrogens (tertiary/aromatic N) is 2. The largest absolute Gasteiger partial charge is 0.361 e. The molecule has 17 heavy (non-hydrogen) atoms. The smallest absolute Gasteiger partial charge is 0.261 e. The van der Waals surface area contributed by atoms with Crippen molar-refractivity contribution in [1.29, 1.82) is 0 Å². The van der Waals surface area contributed by atoms with Crippen molar-refractivity contribution in [2.75, 3.05) is 5.32 Å². The third kappa shape index (κ3) is 2.52. The van der Waals surface area contributed by atoms with Crippen LogP contribution in [-0.2, 0) is 0 Å². The standard InChI is InChI=1S/C11H10BrN3O2/c1-6-10(7(2)17-15-6)11(16)14-8-3-4-9(12)13-5-8/h3-5H,1-2H3,(H,14,16). The normalized spacial score (nSPS) is 10.3. The molecule has 0 atom stereocenters. The van der Waals surface area contributed by atoms with Crippen molar-refractivity contribution in [3.05, 3.63) is 40.0 Å². The molecule has 0 aromatic carbocycles. The molecular formula is C11H10BrN3O2. The van der Waals surface area contributed by atoms with Gasteiger partial charge in [-0.3, -0.25) is 4.79 Å². The Kier molecular flexibility index (Phi) is 3.23. The van der Waals surface area contributed by atoms with Gasteiger partial charge in [0.2, 0.25) is 0 Å². The van der Waals surface area contributed by atoms with Crippen LogP contribution in [0.1, 0.15) is 21.8 Å². The summed E-state index contributed by atoms with van der Waals surface area (Å²) in [4.78, 5) is 16.0. The molecular weight excluding hydrogens is 286 g/mol. The van der Waals surface area contributed by atoms with Crippen molar-refractivity contribution >= 4 is 27.5 Å². The first-order chi connectivity index (χ1) is 8.08. The summed E-state index contributed by atoms with van der Waals surface area (Å²) in [6, 6.07) is 3.51. The highest BCUT2D eigenvalue weighted by atomic mass is 79.9. The highest BCUT2D eigenvalue weighted by Gasteiger charge is 2.17. The van der Waals surface area contributed by atoms with E-state index in [2.05, 4.69) is 31.4 Å². The molecule has 1 amide bonds. The van der Waals surface area contributed by atoms with E-state index < -0.39 is 0 Å². The van der Waals surface area contributed by atoms with Gasteiger partial charge in [0.25, 0.3) is 5.91 Å². The van der Waals surface area contributed by atoms with Gasteiger partial charge >= 0.3 is 0 Å². The molecule has 0 aliphatic carbocycles. The zero-order valence-electron chi connectivity index (χ0n) is 9.32. The fourth-order valence-electron chi connectivity index (χ4n) is 1.45. The molecule has 1 N–H and O–H groups in total. The number of aryl methyl sites for hydroxylation is 2. The van der Waals surface area contributed by atoms with Crippen LogP contribution in [-0.4, -0.2) is 16.0 Å². The molecule has 2 aromatic heterocycles. The lowest BCUT2D eigenvalue weighted by atomic mass is 10.2. The minimum atomic E-state index is -0.245. The molecule has 2 aromatic rings. The zero-order valence-corrected chi connectivity index (χ0v) is 10.9. The molecule has 0 radical (unpaired) electrons. The molecule has 2 heterocycles. The Bertz CT molecular complexity index is 529. The van der Waals surface area contributed by atoms with Crippen LogP contribution in [0.5, 0.6) is 0 Å². The number of halogens is 1. The number of anilines is 1. The van der Waals surface area contributed by atoms with Gasteiger partial charge in [-0.25, -0.2) is 4.98 Å². The van der Waals surface area contributed by atoms with Crippen LogP contribution in [0.25, 0.3) is 0 Å². The van der Waals surface area contributed by atoms with Gasteiger partial charge in [-0.2, -0.15) is 0 Å². The molecule has 6 heteroatoms. The molecule has 5 nitrogen and oxygen atoms in total. The molecule has 0 aliphatic rings. The van der Waals surface area contributed by atoms with Crippen molar-refractivity contribution in [2.24, 2.45) is 0 Å². The van der Waals surface area contributed by atoms with Gasteiger partial charge in [0.1, 0.15) is 15.9 Å². The van der Waals surface area contributed by atoms with Crippen LogP contribution in [0.4, 0.5) is 5.69 Å². The lowest BCUT2D eigenvalue weighted by molar-refractivity contribution is 0.102. The van der Waals surface area contributed by atoms with Crippen LogP contribution < -0.4 is 5.32 Å². The van der Waals surface area contributed by atoms with E-state index in [1.54, 1.807) is 32.2 Å². The molecule has 2 rings (SSSR count). The summed E-state index contributed by atoms with van der Waals surface area (Å²) in [6.45, 7) is 3.43. The fraction of sp³-hybridized carbons (Fsp3) is 0.182. The molecule has 0 fully saturated rings. The molecule has 0 saturated carbocycles. The third-order valence-electron chi connectivity index (χ3n) is 2.25. The highest BCUT2D eigenvalue weighted by Crippen LogP contribution is 2.16. The van der Waals surface area contributed by atoms with Crippen molar-refractivity contribution in [1.82, 2.24) is 10.1 Å². The fourth-order valence-corrected chi connectivity index (χ4v) is 1.69. The van der Waals surface area contributed by atoms with E-state index in [0.717, 1.165) is 0 Å². The Morgan fingerprint density at radius 2 is 2.18 bits per heavy atom. The zero-order chi connectivity index (χ0) is 12.4. The van der Waals surface area contributed by atoms with E-state index in [1.165, 1.54) is 0 Å². The van der Waals surface area contributed by atoms with Crippen LogP contribution in [0.3, 0.4) is 0 Å². The predicted molar refractivity (Wildman–Crippen MR) is 65.9 cm³/mol. The van der Waals surface area contributed by atoms with Crippen molar-refractivity contribution in [3.8, 4) is 0 Å². The second-order valence-electron chi connectivity index (χ2n) is 3.52. The van der Waals surface area contributed by atoms with Crippen molar-refractivity contribution in [3.63, 3.8) is 0 Å². The second-order valence-corrected chi connectivity index (χ2v) is 4.34. The van der Waals surface area contributed by atoms with Gasteiger partial charge in [-0.15, -0.1) is 0 Å². The maximum absolute atomic E-state index is 12.0. The van der Waals surface area contributed by atoms with Crippen LogP contribution in [0.2, 0.25) is 0 Å². The van der Waals surface area contributed by atoms with Gasteiger partial charge in [-0.05, 0) is 41.9 Å². The first-order valence-electron chi connectivity index (χ1n) is 4.93. The van der Waals surface area contributed by atoms with Gasteiger partial charge in [0.15, 0.2) is 0 Å². The molecule has 88 valence electrons. The van der Waals surface area contributed by atoms with E-state index in [4.69, 9.17) is 4.52 Å². The van der Waals surface area contributed by atoms with Crippen molar-refractivity contribution in [2.45, 2.75) is 13.8 Å². The second kappa shape index (κ2) is 4.67. The summed E-state index contributed by atoms with van der Waals surface area (Å²) < 4.78 is 5.65. The number of carbonyl (C=O) groups is 1. The van der Waals surface area contributed by atoms with Crippen molar-refractivity contribution < 1.29 is 9.32 Å². The van der Waals surface area contributed by atoms with E-state index in [-0.39, 0.29) is 5.91 Å². The number of rotatable bonds is 2. The van der Waals surface area contributed by atoms with Gasteiger partial charge in [0, 0.05) is 0 Å². The number of hydrogen-bond donors (Lipinski definition) is 1. The van der Waals surface area contributed by atoms with Gasteiger partial charge < -0.3 is 9.84 Å². The monoisotopic (exact) mass is 295 g/mol. The number of hydrogen-bond acceptors (Lipinski definition) is 4. The Hall–Kier alpha value is -1.69. The van der Waals surface area contributed by atoms with E-state index in [9.17, 15) is 4.79 Å². The lowest BCUT2D eigenvalue weighted by Crippen LogP contribution is -2.13. The lowest BCUT2D eigenvalue weighted by Gasteiger charge is -2.03. The summed E-state index contributed by atoms with van der Waals surface area (Å²) >= 11 is 3.22. The number of aromatic nitrogens is 2. The first kappa shape index (κ1) is 11.8. The van der Waals surface area contributed by atoms with Crippen LogP contribution in [0.15, 0.2) is 27.5 Å². The summed E-state index contributed by atoms with van der Waals surface area (Å²) in [7, 11) is 0. The topological polar surface area (TPSA) is 68.0 Å². The first-order valence-corrected chi connectivity index (χ1v) is 5.73. The minimum absolute atomic E-state index is 0.245. The maximum Gasteiger partial charge on any atom is 0.261 e.